The molecule has 0 fully saturated rings. The molecule has 0 saturated heterocycles. The molecule has 0 aliphatic carbocycles. The van der Waals surface area contributed by atoms with Crippen molar-refractivity contribution in [3.8, 4) is 11.5 Å². The third-order valence-electron chi connectivity index (χ3n) is 5.81. The third-order valence-corrected chi connectivity index (χ3v) is 5.81. The van der Waals surface area contributed by atoms with E-state index in [2.05, 4.69) is 40.9 Å². The molecule has 5 nitrogen and oxygen atoms in total. The van der Waals surface area contributed by atoms with Crippen LogP contribution in [-0.4, -0.2) is 19.2 Å². The van der Waals surface area contributed by atoms with Crippen molar-refractivity contribution in [1.82, 2.24) is 5.43 Å². The second kappa shape index (κ2) is 10.1. The summed E-state index contributed by atoms with van der Waals surface area (Å²) in [7, 11) is 1.55. The first-order valence-electron chi connectivity index (χ1n) is 11.3. The molecule has 0 aliphatic heterocycles. The zero-order valence-electron chi connectivity index (χ0n) is 19.3. The minimum atomic E-state index is -0.349. The van der Waals surface area contributed by atoms with Crippen LogP contribution >= 0.6 is 0 Å². The summed E-state index contributed by atoms with van der Waals surface area (Å²) in [6, 6.07) is 33.6. The lowest BCUT2D eigenvalue weighted by molar-refractivity contribution is 0.0952. The van der Waals surface area contributed by atoms with Crippen LogP contribution in [0.1, 0.15) is 21.5 Å². The largest absolute Gasteiger partial charge is 0.496 e. The molecule has 0 unspecified atom stereocenters. The number of ether oxygens (including phenoxy) is 2. The number of hydrazone groups is 1. The van der Waals surface area contributed by atoms with Crippen molar-refractivity contribution in [3.63, 3.8) is 0 Å². The second-order valence-electron chi connectivity index (χ2n) is 8.11. The number of carbonyl (C=O) groups excluding carboxylic acids is 1. The highest BCUT2D eigenvalue weighted by Crippen LogP contribution is 2.26. The van der Waals surface area contributed by atoms with E-state index in [1.54, 1.807) is 19.4 Å². The van der Waals surface area contributed by atoms with E-state index in [9.17, 15) is 4.79 Å². The number of benzene rings is 5. The van der Waals surface area contributed by atoms with Crippen LogP contribution in [-0.2, 0) is 6.61 Å². The summed E-state index contributed by atoms with van der Waals surface area (Å²) in [4.78, 5) is 12.8. The fourth-order valence-electron chi connectivity index (χ4n) is 3.99. The molecular weight excluding hydrogens is 436 g/mol. The van der Waals surface area contributed by atoms with E-state index < -0.39 is 0 Å². The van der Waals surface area contributed by atoms with Gasteiger partial charge in [0, 0.05) is 5.56 Å². The van der Waals surface area contributed by atoms with Gasteiger partial charge in [0.05, 0.1) is 18.9 Å². The molecule has 0 bridgehead atoms. The van der Waals surface area contributed by atoms with E-state index >= 15 is 0 Å². The molecule has 5 heteroatoms. The molecule has 0 radical (unpaired) electrons. The number of para-hydroxylation sites is 1. The molecule has 5 aromatic rings. The quantitative estimate of drug-likeness (QED) is 0.228. The maximum absolute atomic E-state index is 12.8. The predicted octanol–water partition coefficient (Wildman–Crippen LogP) is 6.34. The summed E-state index contributed by atoms with van der Waals surface area (Å²) in [6.45, 7) is 0.427. The molecule has 0 spiro atoms. The SMILES string of the molecule is COc1cc2ccccc2cc1C(=O)N/N=C\c1ccccc1OCc1ccc2ccccc2c1. The molecule has 5 rings (SSSR count). The Hall–Kier alpha value is -4.64. The Morgan fingerprint density at radius 1 is 0.771 bits per heavy atom. The Kier molecular flexibility index (Phi) is 6.39. The van der Waals surface area contributed by atoms with Crippen LogP contribution in [0.2, 0.25) is 0 Å². The summed E-state index contributed by atoms with van der Waals surface area (Å²) in [5.41, 5.74) is 4.86. The van der Waals surface area contributed by atoms with Gasteiger partial charge in [0.15, 0.2) is 0 Å². The summed E-state index contributed by atoms with van der Waals surface area (Å²) in [5.74, 6) is 0.830. The number of fused-ring (bicyclic) bond motifs is 2. The van der Waals surface area contributed by atoms with Crippen LogP contribution in [0.3, 0.4) is 0 Å². The van der Waals surface area contributed by atoms with Gasteiger partial charge in [0.2, 0.25) is 0 Å². The van der Waals surface area contributed by atoms with Crippen molar-refractivity contribution in [1.29, 1.82) is 0 Å². The molecule has 0 atom stereocenters. The van der Waals surface area contributed by atoms with E-state index in [1.807, 2.05) is 66.7 Å². The van der Waals surface area contributed by atoms with E-state index in [0.717, 1.165) is 21.9 Å². The number of amides is 1. The van der Waals surface area contributed by atoms with Crippen molar-refractivity contribution in [2.45, 2.75) is 6.61 Å². The Morgan fingerprint density at radius 3 is 2.20 bits per heavy atom. The smallest absolute Gasteiger partial charge is 0.275 e. The topological polar surface area (TPSA) is 59.9 Å². The highest BCUT2D eigenvalue weighted by molar-refractivity contribution is 6.02. The number of carbonyl (C=O) groups is 1. The number of nitrogens with one attached hydrogen (secondary N) is 1. The number of nitrogens with zero attached hydrogens (tertiary/aromatic N) is 1. The van der Waals surface area contributed by atoms with Gasteiger partial charge in [-0.3, -0.25) is 4.79 Å². The van der Waals surface area contributed by atoms with E-state index in [0.29, 0.717) is 23.7 Å². The molecule has 1 N–H and O–H groups in total. The molecule has 0 aliphatic rings. The van der Waals surface area contributed by atoms with Gasteiger partial charge >= 0.3 is 0 Å². The first kappa shape index (κ1) is 22.2. The van der Waals surface area contributed by atoms with Crippen molar-refractivity contribution in [2.75, 3.05) is 7.11 Å². The fourth-order valence-corrected chi connectivity index (χ4v) is 3.99. The van der Waals surface area contributed by atoms with Gasteiger partial charge in [-0.1, -0.05) is 72.8 Å². The fraction of sp³-hybridized carbons (Fsp3) is 0.0667. The third kappa shape index (κ3) is 4.99. The minimum Gasteiger partial charge on any atom is -0.496 e. The molecule has 0 saturated carbocycles. The predicted molar refractivity (Wildman–Crippen MR) is 140 cm³/mol. The van der Waals surface area contributed by atoms with Crippen LogP contribution in [0.25, 0.3) is 21.5 Å². The standard InChI is InChI=1S/C30H24N2O3/c1-34-29-18-25-11-5-4-10-24(25)17-27(29)30(33)32-31-19-26-12-6-7-13-28(26)35-20-21-14-15-22-8-2-3-9-23(22)16-21/h2-19H,20H2,1H3,(H,32,33)/b31-19-. The number of hydrogen-bond donors (Lipinski definition) is 1. The maximum Gasteiger partial charge on any atom is 0.275 e. The lowest BCUT2D eigenvalue weighted by Gasteiger charge is -2.10. The highest BCUT2D eigenvalue weighted by Gasteiger charge is 2.13. The Bertz CT molecular complexity index is 1540. The summed E-state index contributed by atoms with van der Waals surface area (Å²) < 4.78 is 11.5. The second-order valence-corrected chi connectivity index (χ2v) is 8.11. The van der Waals surface area contributed by atoms with Gasteiger partial charge in [0.1, 0.15) is 18.1 Å². The van der Waals surface area contributed by atoms with E-state index in [-0.39, 0.29) is 5.91 Å². The summed E-state index contributed by atoms with van der Waals surface area (Å²) in [5, 5.41) is 8.50. The van der Waals surface area contributed by atoms with Crippen molar-refractivity contribution < 1.29 is 14.3 Å². The van der Waals surface area contributed by atoms with Gasteiger partial charge in [-0.2, -0.15) is 5.10 Å². The van der Waals surface area contributed by atoms with Gasteiger partial charge in [-0.15, -0.1) is 0 Å². The van der Waals surface area contributed by atoms with Crippen molar-refractivity contribution >= 4 is 33.7 Å². The average Bonchev–Trinajstić information content (AvgIpc) is 2.91. The van der Waals surface area contributed by atoms with E-state index in [1.165, 1.54) is 10.8 Å². The molecule has 172 valence electrons. The molecule has 0 heterocycles. The minimum absolute atomic E-state index is 0.349. The summed E-state index contributed by atoms with van der Waals surface area (Å²) in [6.07, 6.45) is 1.58. The monoisotopic (exact) mass is 460 g/mol. The van der Waals surface area contributed by atoms with Crippen molar-refractivity contribution in [3.05, 3.63) is 120 Å². The first-order chi connectivity index (χ1) is 17.2. The first-order valence-corrected chi connectivity index (χ1v) is 11.3. The Morgan fingerprint density at radius 2 is 1.43 bits per heavy atom. The molecule has 35 heavy (non-hydrogen) atoms. The lowest BCUT2D eigenvalue weighted by Crippen LogP contribution is -2.18. The van der Waals surface area contributed by atoms with Gasteiger partial charge < -0.3 is 9.47 Å². The number of hydrogen-bond acceptors (Lipinski definition) is 4. The van der Waals surface area contributed by atoms with Gasteiger partial charge in [-0.25, -0.2) is 5.43 Å². The zero-order chi connectivity index (χ0) is 24.0. The highest BCUT2D eigenvalue weighted by atomic mass is 16.5. The molecule has 5 aromatic carbocycles. The van der Waals surface area contributed by atoms with Crippen LogP contribution in [0.15, 0.2) is 108 Å². The van der Waals surface area contributed by atoms with E-state index in [4.69, 9.17) is 9.47 Å². The maximum atomic E-state index is 12.8. The van der Waals surface area contributed by atoms with Gasteiger partial charge in [0.25, 0.3) is 5.91 Å². The average molecular weight is 461 g/mol. The normalized spacial score (nSPS) is 11.1. The molecular formula is C30H24N2O3. The van der Waals surface area contributed by atoms with Gasteiger partial charge in [-0.05, 0) is 57.4 Å². The number of methoxy groups -OCH3 is 1. The van der Waals surface area contributed by atoms with Crippen LogP contribution in [0.5, 0.6) is 11.5 Å². The number of rotatable bonds is 7. The zero-order valence-corrected chi connectivity index (χ0v) is 19.3. The van der Waals surface area contributed by atoms with Crippen LogP contribution in [0.4, 0.5) is 0 Å². The molecule has 1 amide bonds. The van der Waals surface area contributed by atoms with Crippen LogP contribution in [0, 0.1) is 0 Å². The molecule has 0 aromatic heterocycles. The lowest BCUT2D eigenvalue weighted by atomic mass is 10.1. The van der Waals surface area contributed by atoms with Crippen molar-refractivity contribution in [2.24, 2.45) is 5.10 Å². The van der Waals surface area contributed by atoms with Crippen LogP contribution < -0.4 is 14.9 Å². The Balaban J connectivity index is 1.29. The summed E-state index contributed by atoms with van der Waals surface area (Å²) >= 11 is 0. The Labute approximate surface area is 203 Å².